The minimum Gasteiger partial charge on any atom is -0.388 e. The van der Waals surface area contributed by atoms with Crippen LogP contribution >= 0.6 is 11.3 Å². The van der Waals surface area contributed by atoms with Crippen molar-refractivity contribution in [2.24, 2.45) is 0 Å². The number of aliphatic hydroxyl groups is 1. The standard InChI is InChI=1S/C13H17N3O3S/c1-5-10-7(2)14-15(8(10)3)13-11(16(18)19)6-12(20-13)9(4)17/h6,9,17H,5H2,1-4H3. The molecular formula is C13H17N3O3S. The van der Waals surface area contributed by atoms with E-state index in [2.05, 4.69) is 5.10 Å². The van der Waals surface area contributed by atoms with Crippen LogP contribution in [0.2, 0.25) is 0 Å². The molecule has 2 aromatic rings. The molecule has 2 rings (SSSR count). The summed E-state index contributed by atoms with van der Waals surface area (Å²) in [5, 5.41) is 25.7. The molecule has 0 bridgehead atoms. The van der Waals surface area contributed by atoms with Crippen LogP contribution < -0.4 is 0 Å². The Hall–Kier alpha value is -1.73. The summed E-state index contributed by atoms with van der Waals surface area (Å²) in [6.07, 6.45) is 0.107. The Bertz CT molecular complexity index is 658. The van der Waals surface area contributed by atoms with Crippen LogP contribution in [-0.4, -0.2) is 19.8 Å². The van der Waals surface area contributed by atoms with E-state index >= 15 is 0 Å². The van der Waals surface area contributed by atoms with Crippen LogP contribution in [0.5, 0.6) is 0 Å². The summed E-state index contributed by atoms with van der Waals surface area (Å²) in [6.45, 7) is 7.44. The van der Waals surface area contributed by atoms with Crippen LogP contribution in [0.3, 0.4) is 0 Å². The van der Waals surface area contributed by atoms with Gasteiger partial charge in [0.05, 0.1) is 16.7 Å². The molecule has 20 heavy (non-hydrogen) atoms. The molecule has 1 atom stereocenters. The fourth-order valence-corrected chi connectivity index (χ4v) is 3.33. The molecule has 7 heteroatoms. The Kier molecular flexibility index (Phi) is 3.92. The van der Waals surface area contributed by atoms with Gasteiger partial charge in [0.15, 0.2) is 5.00 Å². The zero-order chi connectivity index (χ0) is 15.0. The maximum atomic E-state index is 11.2. The third-order valence-electron chi connectivity index (χ3n) is 3.31. The second kappa shape index (κ2) is 5.34. The lowest BCUT2D eigenvalue weighted by Gasteiger charge is -2.02. The van der Waals surface area contributed by atoms with Crippen LogP contribution in [0.4, 0.5) is 5.69 Å². The van der Waals surface area contributed by atoms with Crippen molar-refractivity contribution in [2.45, 2.75) is 40.2 Å². The average Bonchev–Trinajstić information content (AvgIpc) is 2.91. The second-order valence-electron chi connectivity index (χ2n) is 4.69. The van der Waals surface area contributed by atoms with E-state index in [1.807, 2.05) is 20.8 Å². The molecule has 0 aliphatic rings. The van der Waals surface area contributed by atoms with Gasteiger partial charge in [-0.25, -0.2) is 4.68 Å². The fraction of sp³-hybridized carbons (Fsp3) is 0.462. The van der Waals surface area contributed by atoms with Gasteiger partial charge in [-0.1, -0.05) is 6.92 Å². The highest BCUT2D eigenvalue weighted by Crippen LogP contribution is 2.36. The molecule has 1 unspecified atom stereocenters. The van der Waals surface area contributed by atoms with Gasteiger partial charge in [-0.15, -0.1) is 11.3 Å². The molecule has 0 aliphatic heterocycles. The van der Waals surface area contributed by atoms with Crippen molar-refractivity contribution < 1.29 is 10.0 Å². The highest BCUT2D eigenvalue weighted by molar-refractivity contribution is 7.15. The summed E-state index contributed by atoms with van der Waals surface area (Å²) >= 11 is 1.20. The Balaban J connectivity index is 2.65. The minimum absolute atomic E-state index is 0.0147. The molecule has 0 radical (unpaired) electrons. The number of nitro groups is 1. The van der Waals surface area contributed by atoms with Crippen molar-refractivity contribution in [2.75, 3.05) is 0 Å². The van der Waals surface area contributed by atoms with Crippen molar-refractivity contribution in [1.29, 1.82) is 0 Å². The Morgan fingerprint density at radius 1 is 1.55 bits per heavy atom. The molecule has 0 aliphatic carbocycles. The van der Waals surface area contributed by atoms with E-state index in [0.717, 1.165) is 23.4 Å². The van der Waals surface area contributed by atoms with Crippen molar-refractivity contribution in [3.8, 4) is 5.00 Å². The van der Waals surface area contributed by atoms with E-state index in [4.69, 9.17) is 0 Å². The lowest BCUT2D eigenvalue weighted by atomic mass is 10.1. The average molecular weight is 295 g/mol. The van der Waals surface area contributed by atoms with E-state index in [9.17, 15) is 15.2 Å². The molecule has 1 N–H and O–H groups in total. The Morgan fingerprint density at radius 3 is 2.65 bits per heavy atom. The summed E-state index contributed by atoms with van der Waals surface area (Å²) in [4.78, 5) is 11.3. The van der Waals surface area contributed by atoms with Crippen molar-refractivity contribution in [3.63, 3.8) is 0 Å². The van der Waals surface area contributed by atoms with E-state index in [0.29, 0.717) is 9.88 Å². The molecule has 0 aromatic carbocycles. The minimum atomic E-state index is -0.727. The summed E-state index contributed by atoms with van der Waals surface area (Å²) in [5.74, 6) is 0. The predicted molar refractivity (Wildman–Crippen MR) is 77.6 cm³/mol. The van der Waals surface area contributed by atoms with Gasteiger partial charge in [-0.2, -0.15) is 5.10 Å². The highest BCUT2D eigenvalue weighted by Gasteiger charge is 2.25. The van der Waals surface area contributed by atoms with Gasteiger partial charge in [-0.3, -0.25) is 10.1 Å². The monoisotopic (exact) mass is 295 g/mol. The first-order valence-corrected chi connectivity index (χ1v) is 7.20. The molecular weight excluding hydrogens is 278 g/mol. The fourth-order valence-electron chi connectivity index (χ4n) is 2.26. The lowest BCUT2D eigenvalue weighted by Crippen LogP contribution is -2.00. The van der Waals surface area contributed by atoms with Gasteiger partial charge < -0.3 is 5.11 Å². The second-order valence-corrected chi connectivity index (χ2v) is 5.75. The van der Waals surface area contributed by atoms with E-state index in [1.54, 1.807) is 11.6 Å². The maximum Gasteiger partial charge on any atom is 0.306 e. The van der Waals surface area contributed by atoms with Crippen molar-refractivity contribution in [1.82, 2.24) is 9.78 Å². The van der Waals surface area contributed by atoms with Gasteiger partial charge in [0.2, 0.25) is 0 Å². The summed E-state index contributed by atoms with van der Waals surface area (Å²) < 4.78 is 1.61. The molecule has 0 amide bonds. The number of aliphatic hydroxyl groups excluding tert-OH is 1. The summed E-state index contributed by atoms with van der Waals surface area (Å²) in [5.41, 5.74) is 2.88. The zero-order valence-electron chi connectivity index (χ0n) is 11.9. The van der Waals surface area contributed by atoms with Crippen LogP contribution in [0.25, 0.3) is 5.00 Å². The number of thiophene rings is 1. The van der Waals surface area contributed by atoms with E-state index in [-0.39, 0.29) is 5.69 Å². The molecule has 0 spiro atoms. The maximum absolute atomic E-state index is 11.2. The third kappa shape index (κ3) is 2.34. The Labute approximate surface area is 120 Å². The Morgan fingerprint density at radius 2 is 2.20 bits per heavy atom. The third-order valence-corrected chi connectivity index (χ3v) is 4.58. The highest BCUT2D eigenvalue weighted by atomic mass is 32.1. The first-order valence-electron chi connectivity index (χ1n) is 6.38. The van der Waals surface area contributed by atoms with Crippen molar-refractivity contribution >= 4 is 17.0 Å². The van der Waals surface area contributed by atoms with Crippen LogP contribution in [-0.2, 0) is 6.42 Å². The molecule has 0 saturated carbocycles. The zero-order valence-corrected chi connectivity index (χ0v) is 12.7. The summed E-state index contributed by atoms with van der Waals surface area (Å²) in [7, 11) is 0. The first-order chi connectivity index (χ1) is 9.36. The van der Waals surface area contributed by atoms with Gasteiger partial charge in [0, 0.05) is 16.6 Å². The molecule has 0 fully saturated rings. The predicted octanol–water partition coefficient (Wildman–Crippen LogP) is 3.07. The topological polar surface area (TPSA) is 81.2 Å². The van der Waals surface area contributed by atoms with E-state index < -0.39 is 11.0 Å². The van der Waals surface area contributed by atoms with Crippen LogP contribution in [0, 0.1) is 24.0 Å². The van der Waals surface area contributed by atoms with Crippen LogP contribution in [0.1, 0.15) is 41.8 Å². The SMILES string of the molecule is CCc1c(C)nn(-c2sc(C(C)O)cc2[N+](=O)[O-])c1C. The number of rotatable bonds is 4. The lowest BCUT2D eigenvalue weighted by molar-refractivity contribution is -0.384. The van der Waals surface area contributed by atoms with E-state index in [1.165, 1.54) is 17.4 Å². The van der Waals surface area contributed by atoms with Gasteiger partial charge >= 0.3 is 5.69 Å². The largest absolute Gasteiger partial charge is 0.388 e. The number of nitrogens with zero attached hydrogens (tertiary/aromatic N) is 3. The number of hydrogen-bond donors (Lipinski definition) is 1. The molecule has 0 saturated heterocycles. The molecule has 6 nitrogen and oxygen atoms in total. The van der Waals surface area contributed by atoms with Crippen molar-refractivity contribution in [3.05, 3.63) is 38.0 Å². The molecule has 2 heterocycles. The molecule has 2 aromatic heterocycles. The number of hydrogen-bond acceptors (Lipinski definition) is 5. The smallest absolute Gasteiger partial charge is 0.306 e. The normalized spacial score (nSPS) is 12.7. The quantitative estimate of drug-likeness (QED) is 0.694. The first kappa shape index (κ1) is 14.7. The van der Waals surface area contributed by atoms with Crippen LogP contribution in [0.15, 0.2) is 6.07 Å². The van der Waals surface area contributed by atoms with Gasteiger partial charge in [-0.05, 0) is 32.8 Å². The molecule has 108 valence electrons. The number of aryl methyl sites for hydroxylation is 1. The number of aromatic nitrogens is 2. The summed E-state index contributed by atoms with van der Waals surface area (Å²) in [6, 6.07) is 1.42. The van der Waals surface area contributed by atoms with Gasteiger partial charge in [0.25, 0.3) is 0 Å². The van der Waals surface area contributed by atoms with Gasteiger partial charge in [0.1, 0.15) is 0 Å².